The van der Waals surface area contributed by atoms with Crippen molar-refractivity contribution in [3.63, 3.8) is 0 Å². The highest BCUT2D eigenvalue weighted by molar-refractivity contribution is 6.15. The summed E-state index contributed by atoms with van der Waals surface area (Å²) in [6, 6.07) is 5.70. The monoisotopic (exact) mass is 376 g/mol. The molecule has 1 aliphatic rings. The van der Waals surface area contributed by atoms with Gasteiger partial charge in [-0.2, -0.15) is 5.10 Å². The highest BCUT2D eigenvalue weighted by Crippen LogP contribution is 2.40. The van der Waals surface area contributed by atoms with E-state index in [0.29, 0.717) is 33.9 Å². The average Bonchev–Trinajstić information content (AvgIpc) is 3.11. The lowest BCUT2D eigenvalue weighted by Crippen LogP contribution is -2.18. The number of nitrogens with zero attached hydrogens (tertiary/aromatic N) is 4. The van der Waals surface area contributed by atoms with Gasteiger partial charge in [0.2, 0.25) is 5.71 Å². The summed E-state index contributed by atoms with van der Waals surface area (Å²) in [5, 5.41) is 12.2. The zero-order valence-corrected chi connectivity index (χ0v) is 15.9. The predicted octanol–water partition coefficient (Wildman–Crippen LogP) is 3.63. The number of benzene rings is 1. The number of carbonyl (C=O) groups is 1. The Labute approximate surface area is 161 Å². The molecule has 3 heterocycles. The summed E-state index contributed by atoms with van der Waals surface area (Å²) in [4.78, 5) is 21.7. The van der Waals surface area contributed by atoms with E-state index in [-0.39, 0.29) is 11.4 Å². The van der Waals surface area contributed by atoms with Crippen LogP contribution in [0, 0.1) is 6.92 Å². The van der Waals surface area contributed by atoms with Crippen molar-refractivity contribution in [2.75, 3.05) is 10.6 Å². The van der Waals surface area contributed by atoms with Gasteiger partial charge in [-0.15, -0.1) is 0 Å². The first-order chi connectivity index (χ1) is 13.4. The van der Waals surface area contributed by atoms with Crippen LogP contribution in [0.3, 0.4) is 0 Å². The van der Waals surface area contributed by atoms with Crippen LogP contribution in [0.1, 0.15) is 35.9 Å². The summed E-state index contributed by atoms with van der Waals surface area (Å²) in [6.45, 7) is 3.90. The van der Waals surface area contributed by atoms with E-state index in [1.54, 1.807) is 17.8 Å². The van der Waals surface area contributed by atoms with Crippen molar-refractivity contribution in [1.29, 1.82) is 0 Å². The maximum atomic E-state index is 13.1. The van der Waals surface area contributed by atoms with Crippen LogP contribution in [0.25, 0.3) is 22.0 Å². The molecule has 2 N–H and O–H groups in total. The van der Waals surface area contributed by atoms with Crippen molar-refractivity contribution in [2.45, 2.75) is 32.2 Å². The summed E-state index contributed by atoms with van der Waals surface area (Å²) < 4.78 is 7.54. The molecule has 0 bridgehead atoms. The van der Waals surface area contributed by atoms with Gasteiger partial charge in [-0.05, 0) is 44.9 Å². The molecule has 0 aliphatic heterocycles. The van der Waals surface area contributed by atoms with Gasteiger partial charge in [0.05, 0.1) is 22.7 Å². The second-order valence-electron chi connectivity index (χ2n) is 7.62. The van der Waals surface area contributed by atoms with E-state index in [9.17, 15) is 4.79 Å². The van der Waals surface area contributed by atoms with Crippen molar-refractivity contribution in [1.82, 2.24) is 19.7 Å². The van der Waals surface area contributed by atoms with Crippen molar-refractivity contribution in [2.24, 2.45) is 7.05 Å². The van der Waals surface area contributed by atoms with E-state index in [0.717, 1.165) is 23.7 Å². The third-order valence-corrected chi connectivity index (χ3v) is 5.32. The van der Waals surface area contributed by atoms with Crippen LogP contribution in [0.4, 0.5) is 11.5 Å². The minimum absolute atomic E-state index is 0.0194. The van der Waals surface area contributed by atoms with Gasteiger partial charge < -0.3 is 15.1 Å². The minimum Gasteiger partial charge on any atom is -0.442 e. The van der Waals surface area contributed by atoms with E-state index in [2.05, 4.69) is 32.6 Å². The normalized spacial score (nSPS) is 15.1. The number of hydrogen-bond acceptors (Lipinski definition) is 6. The Hall–Kier alpha value is -3.42. The Kier molecular flexibility index (Phi) is 3.46. The van der Waals surface area contributed by atoms with Gasteiger partial charge in [0.25, 0.3) is 5.91 Å². The first-order valence-corrected chi connectivity index (χ1v) is 9.19. The number of aryl methyl sites for hydroxylation is 2. The number of furan rings is 1. The molecule has 1 aromatic carbocycles. The number of fused-ring (bicyclic) bond motifs is 2. The number of rotatable bonds is 4. The summed E-state index contributed by atoms with van der Waals surface area (Å²) >= 11 is 0. The molecule has 0 spiro atoms. The molecule has 0 atom stereocenters. The third kappa shape index (κ3) is 2.69. The number of nitrogens with one attached hydrogen (secondary N) is 2. The van der Waals surface area contributed by atoms with Crippen LogP contribution in [0.2, 0.25) is 0 Å². The van der Waals surface area contributed by atoms with Crippen LogP contribution in [0.15, 0.2) is 35.1 Å². The van der Waals surface area contributed by atoms with Gasteiger partial charge >= 0.3 is 0 Å². The zero-order chi connectivity index (χ0) is 19.5. The molecule has 8 nitrogen and oxygen atoms in total. The minimum atomic E-state index is -0.252. The molecule has 0 radical (unpaired) electrons. The topological polar surface area (TPSA) is 97.9 Å². The van der Waals surface area contributed by atoms with E-state index in [1.165, 1.54) is 6.33 Å². The van der Waals surface area contributed by atoms with Crippen molar-refractivity contribution >= 4 is 39.4 Å². The highest BCUT2D eigenvalue weighted by Gasteiger charge is 2.38. The molecule has 8 heteroatoms. The lowest BCUT2D eigenvalue weighted by molar-refractivity contribution is 0.102. The Morgan fingerprint density at radius 3 is 2.89 bits per heavy atom. The molecule has 4 aromatic rings. The average molecular weight is 376 g/mol. The van der Waals surface area contributed by atoms with Crippen LogP contribution in [-0.2, 0) is 7.05 Å². The number of aromatic nitrogens is 4. The van der Waals surface area contributed by atoms with Crippen LogP contribution >= 0.6 is 0 Å². The zero-order valence-electron chi connectivity index (χ0n) is 15.9. The first kappa shape index (κ1) is 16.7. The van der Waals surface area contributed by atoms with E-state index in [4.69, 9.17) is 4.42 Å². The number of amides is 1. The van der Waals surface area contributed by atoms with Crippen LogP contribution in [-0.4, -0.2) is 31.2 Å². The van der Waals surface area contributed by atoms with Gasteiger partial charge in [0.1, 0.15) is 17.9 Å². The molecule has 1 aliphatic carbocycles. The molecule has 3 aromatic heterocycles. The SMILES string of the molecule is Cc1oc2ncnc(NC3(C)CC3)c2c1C(=O)Nc1ccc2c(cnn2C)c1. The summed E-state index contributed by atoms with van der Waals surface area (Å²) in [6.07, 6.45) is 5.37. The molecule has 0 unspecified atom stereocenters. The number of hydrogen-bond donors (Lipinski definition) is 2. The summed E-state index contributed by atoms with van der Waals surface area (Å²) in [5.41, 5.74) is 2.58. The van der Waals surface area contributed by atoms with E-state index >= 15 is 0 Å². The van der Waals surface area contributed by atoms with E-state index < -0.39 is 0 Å². The lowest BCUT2D eigenvalue weighted by atomic mass is 10.1. The third-order valence-electron chi connectivity index (χ3n) is 5.32. The maximum absolute atomic E-state index is 13.1. The standard InChI is InChI=1S/C20H20N6O2/c1-11-15(16-17(25-20(2)6-7-20)21-10-22-19(16)28-11)18(27)24-13-4-5-14-12(8-13)9-23-26(14)3/h4-5,8-10H,6-7H2,1-3H3,(H,24,27)(H,21,22,25). The van der Waals surface area contributed by atoms with Crippen molar-refractivity contribution in [3.8, 4) is 0 Å². The maximum Gasteiger partial charge on any atom is 0.260 e. The van der Waals surface area contributed by atoms with Gasteiger partial charge in [0, 0.05) is 23.7 Å². The van der Waals surface area contributed by atoms with Gasteiger partial charge in [-0.25, -0.2) is 9.97 Å². The smallest absolute Gasteiger partial charge is 0.260 e. The van der Waals surface area contributed by atoms with E-state index in [1.807, 2.05) is 25.2 Å². The molecule has 142 valence electrons. The molecular formula is C20H20N6O2. The first-order valence-electron chi connectivity index (χ1n) is 9.19. The Morgan fingerprint density at radius 2 is 2.11 bits per heavy atom. The molecule has 28 heavy (non-hydrogen) atoms. The Balaban J connectivity index is 1.53. The Morgan fingerprint density at radius 1 is 1.29 bits per heavy atom. The second-order valence-corrected chi connectivity index (χ2v) is 7.62. The number of carbonyl (C=O) groups excluding carboxylic acids is 1. The van der Waals surface area contributed by atoms with Gasteiger partial charge in [-0.1, -0.05) is 0 Å². The van der Waals surface area contributed by atoms with Crippen LogP contribution < -0.4 is 10.6 Å². The van der Waals surface area contributed by atoms with Gasteiger partial charge in [0.15, 0.2) is 0 Å². The van der Waals surface area contributed by atoms with Gasteiger partial charge in [-0.3, -0.25) is 9.48 Å². The molecule has 0 saturated heterocycles. The largest absolute Gasteiger partial charge is 0.442 e. The van der Waals surface area contributed by atoms with Crippen LogP contribution in [0.5, 0.6) is 0 Å². The fourth-order valence-electron chi connectivity index (χ4n) is 3.45. The highest BCUT2D eigenvalue weighted by atomic mass is 16.3. The molecule has 1 fully saturated rings. The fourth-order valence-corrected chi connectivity index (χ4v) is 3.45. The summed E-state index contributed by atoms with van der Waals surface area (Å²) in [5.74, 6) is 0.896. The second kappa shape index (κ2) is 5.79. The van der Waals surface area contributed by atoms with Crippen molar-refractivity contribution < 1.29 is 9.21 Å². The number of anilines is 2. The summed E-state index contributed by atoms with van der Waals surface area (Å²) in [7, 11) is 1.89. The molecular weight excluding hydrogens is 356 g/mol. The molecule has 5 rings (SSSR count). The Bertz CT molecular complexity index is 1230. The fraction of sp³-hybridized carbons (Fsp3) is 0.300. The quantitative estimate of drug-likeness (QED) is 0.564. The van der Waals surface area contributed by atoms with Crippen molar-refractivity contribution in [3.05, 3.63) is 42.0 Å². The predicted molar refractivity (Wildman–Crippen MR) is 106 cm³/mol. The lowest BCUT2D eigenvalue weighted by Gasteiger charge is -2.13. The molecule has 1 saturated carbocycles. The molecule has 1 amide bonds.